The van der Waals surface area contributed by atoms with Crippen LogP contribution in [0.3, 0.4) is 0 Å². The second kappa shape index (κ2) is 8.26. The first kappa shape index (κ1) is 18.4. The van der Waals surface area contributed by atoms with Gasteiger partial charge in [-0.3, -0.25) is 9.59 Å². The Morgan fingerprint density at radius 2 is 1.72 bits per heavy atom. The molecule has 0 aromatic heterocycles. The summed E-state index contributed by atoms with van der Waals surface area (Å²) < 4.78 is 0. The molecule has 3 N–H and O–H groups in total. The molecule has 0 aliphatic carbocycles. The van der Waals surface area contributed by atoms with Gasteiger partial charge in [0, 0.05) is 18.7 Å². The lowest BCUT2D eigenvalue weighted by Crippen LogP contribution is -2.37. The number of carbonyl (C=O) groups excluding carboxylic acids is 2. The lowest BCUT2D eigenvalue weighted by atomic mass is 9.96. The number of benzene rings is 2. The number of hydrogen-bond acceptors (Lipinski definition) is 3. The predicted molar refractivity (Wildman–Crippen MR) is 98.8 cm³/mol. The molecule has 1 atom stereocenters. The quantitative estimate of drug-likeness (QED) is 0.709. The summed E-state index contributed by atoms with van der Waals surface area (Å²) in [5.41, 5.74) is 1.14. The average Bonchev–Trinajstić information content (AvgIpc) is 2.60. The van der Waals surface area contributed by atoms with Gasteiger partial charge in [-0.2, -0.15) is 0 Å². The molecule has 2 aromatic rings. The Kier molecular flexibility index (Phi) is 6.08. The predicted octanol–water partition coefficient (Wildman–Crippen LogP) is 2.68. The maximum atomic E-state index is 11.9. The van der Waals surface area contributed by atoms with Gasteiger partial charge in [0.15, 0.2) is 0 Å². The summed E-state index contributed by atoms with van der Waals surface area (Å²) in [6.45, 7) is 3.22. The maximum Gasteiger partial charge on any atom is 0.244 e. The van der Waals surface area contributed by atoms with E-state index in [2.05, 4.69) is 10.6 Å². The number of nitrogens with one attached hydrogen (secondary N) is 2. The molecule has 5 heteroatoms. The number of amides is 2. The topological polar surface area (TPSA) is 78.4 Å². The van der Waals surface area contributed by atoms with Gasteiger partial charge >= 0.3 is 0 Å². The van der Waals surface area contributed by atoms with Crippen molar-refractivity contribution in [1.82, 2.24) is 5.32 Å². The van der Waals surface area contributed by atoms with E-state index in [4.69, 9.17) is 0 Å². The molecular formula is C20H22N2O3. The van der Waals surface area contributed by atoms with E-state index >= 15 is 0 Å². The number of hydrogen-bond donors (Lipinski definition) is 3. The Hall–Kier alpha value is -2.92. The summed E-state index contributed by atoms with van der Waals surface area (Å²) in [4.78, 5) is 22.9. The highest BCUT2D eigenvalue weighted by Crippen LogP contribution is 2.18. The molecule has 2 aromatic carbocycles. The third-order valence-electron chi connectivity index (χ3n) is 3.66. The summed E-state index contributed by atoms with van der Waals surface area (Å²) in [6.07, 6.45) is 3.08. The van der Waals surface area contributed by atoms with Crippen LogP contribution in [0.4, 0.5) is 5.69 Å². The van der Waals surface area contributed by atoms with Crippen LogP contribution >= 0.6 is 0 Å². The Morgan fingerprint density at radius 3 is 2.32 bits per heavy atom. The zero-order valence-electron chi connectivity index (χ0n) is 14.3. The first-order valence-electron chi connectivity index (χ1n) is 7.98. The summed E-state index contributed by atoms with van der Waals surface area (Å²) in [5, 5.41) is 15.8. The minimum atomic E-state index is -1.13. The molecule has 0 heterocycles. The second-order valence-corrected chi connectivity index (χ2v) is 5.99. The van der Waals surface area contributed by atoms with Crippen molar-refractivity contribution in [2.24, 2.45) is 0 Å². The van der Waals surface area contributed by atoms with Gasteiger partial charge in [0.25, 0.3) is 0 Å². The Labute approximate surface area is 147 Å². The van der Waals surface area contributed by atoms with Gasteiger partial charge in [-0.05, 0) is 36.3 Å². The van der Waals surface area contributed by atoms with Gasteiger partial charge < -0.3 is 15.7 Å². The minimum Gasteiger partial charge on any atom is -0.384 e. The van der Waals surface area contributed by atoms with Gasteiger partial charge in [-0.25, -0.2) is 0 Å². The van der Waals surface area contributed by atoms with Crippen molar-refractivity contribution in [3.05, 3.63) is 71.8 Å². The van der Waals surface area contributed by atoms with Gasteiger partial charge in [0.2, 0.25) is 11.8 Å². The number of carbonyl (C=O) groups is 2. The molecule has 1 unspecified atom stereocenters. The molecular weight excluding hydrogens is 316 g/mol. The van der Waals surface area contributed by atoms with Crippen LogP contribution in [0.15, 0.2) is 60.7 Å². The molecule has 0 aliphatic heterocycles. The molecule has 2 rings (SSSR count). The van der Waals surface area contributed by atoms with Crippen LogP contribution < -0.4 is 10.6 Å². The Bertz CT molecular complexity index is 750. The lowest BCUT2D eigenvalue weighted by Gasteiger charge is -2.23. The molecule has 130 valence electrons. The molecule has 0 fully saturated rings. The Morgan fingerprint density at radius 1 is 1.08 bits per heavy atom. The van der Waals surface area contributed by atoms with Gasteiger partial charge in [-0.15, -0.1) is 0 Å². The summed E-state index contributed by atoms with van der Waals surface area (Å²) in [5.74, 6) is -0.421. The zero-order valence-corrected chi connectivity index (χ0v) is 14.3. The minimum absolute atomic E-state index is 0.113. The van der Waals surface area contributed by atoms with Crippen molar-refractivity contribution in [1.29, 1.82) is 0 Å². The third-order valence-corrected chi connectivity index (χ3v) is 3.66. The van der Waals surface area contributed by atoms with E-state index in [9.17, 15) is 14.7 Å². The number of aliphatic hydroxyl groups is 1. The highest BCUT2D eigenvalue weighted by molar-refractivity contribution is 5.92. The van der Waals surface area contributed by atoms with Gasteiger partial charge in [-0.1, -0.05) is 42.5 Å². The summed E-state index contributed by atoms with van der Waals surface area (Å²) in [6, 6.07) is 16.3. The largest absolute Gasteiger partial charge is 0.384 e. The van der Waals surface area contributed by atoms with E-state index < -0.39 is 5.60 Å². The number of anilines is 1. The third kappa shape index (κ3) is 5.90. The molecule has 25 heavy (non-hydrogen) atoms. The van der Waals surface area contributed by atoms with E-state index in [-0.39, 0.29) is 18.4 Å². The van der Waals surface area contributed by atoms with Crippen LogP contribution in [-0.2, 0) is 15.2 Å². The van der Waals surface area contributed by atoms with Crippen LogP contribution in [0.1, 0.15) is 25.0 Å². The van der Waals surface area contributed by atoms with Crippen LogP contribution in [-0.4, -0.2) is 23.5 Å². The smallest absolute Gasteiger partial charge is 0.244 e. The number of rotatable bonds is 6. The van der Waals surface area contributed by atoms with Crippen LogP contribution in [0.5, 0.6) is 0 Å². The van der Waals surface area contributed by atoms with Crippen LogP contribution in [0.25, 0.3) is 6.08 Å². The molecule has 5 nitrogen and oxygen atoms in total. The van der Waals surface area contributed by atoms with Crippen LogP contribution in [0, 0.1) is 0 Å². The van der Waals surface area contributed by atoms with Crippen molar-refractivity contribution in [2.75, 3.05) is 11.9 Å². The summed E-state index contributed by atoms with van der Waals surface area (Å²) in [7, 11) is 0. The molecule has 0 radical (unpaired) electrons. The zero-order chi connectivity index (χ0) is 18.3. The summed E-state index contributed by atoms with van der Waals surface area (Å²) >= 11 is 0. The van der Waals surface area contributed by atoms with E-state index in [0.717, 1.165) is 11.1 Å². The fourth-order valence-corrected chi connectivity index (χ4v) is 2.27. The standard InChI is InChI=1S/C20H22N2O3/c1-15(23)22-18-11-8-16(9-12-18)10-13-19(24)21-14-20(2,25)17-6-4-3-5-7-17/h3-13,25H,14H2,1-2H3,(H,21,24)(H,22,23). The molecule has 2 amide bonds. The fraction of sp³-hybridized carbons (Fsp3) is 0.200. The van der Waals surface area contributed by atoms with E-state index in [1.54, 1.807) is 37.3 Å². The maximum absolute atomic E-state index is 11.9. The van der Waals surface area contributed by atoms with Gasteiger partial charge in [0.05, 0.1) is 6.54 Å². The first-order chi connectivity index (χ1) is 11.9. The Balaban J connectivity index is 1.89. The van der Waals surface area contributed by atoms with Crippen molar-refractivity contribution in [3.8, 4) is 0 Å². The van der Waals surface area contributed by atoms with Crippen molar-refractivity contribution < 1.29 is 14.7 Å². The van der Waals surface area contributed by atoms with E-state index in [1.165, 1.54) is 13.0 Å². The normalized spacial score (nSPS) is 13.2. The van der Waals surface area contributed by atoms with E-state index in [0.29, 0.717) is 5.69 Å². The average molecular weight is 338 g/mol. The SMILES string of the molecule is CC(=O)Nc1ccc(C=CC(=O)NCC(C)(O)c2ccccc2)cc1. The second-order valence-electron chi connectivity index (χ2n) is 5.99. The van der Waals surface area contributed by atoms with Crippen molar-refractivity contribution in [3.63, 3.8) is 0 Å². The molecule has 0 aliphatic rings. The molecule has 0 spiro atoms. The van der Waals surface area contributed by atoms with Crippen molar-refractivity contribution in [2.45, 2.75) is 19.4 Å². The molecule has 0 saturated carbocycles. The molecule has 0 saturated heterocycles. The first-order valence-corrected chi connectivity index (χ1v) is 7.98. The lowest BCUT2D eigenvalue weighted by molar-refractivity contribution is -0.117. The van der Waals surface area contributed by atoms with E-state index in [1.807, 2.05) is 30.3 Å². The fourth-order valence-electron chi connectivity index (χ4n) is 2.27. The van der Waals surface area contributed by atoms with Gasteiger partial charge in [0.1, 0.15) is 5.60 Å². The molecule has 0 bridgehead atoms. The monoisotopic (exact) mass is 338 g/mol. The highest BCUT2D eigenvalue weighted by Gasteiger charge is 2.22. The van der Waals surface area contributed by atoms with Crippen molar-refractivity contribution >= 4 is 23.6 Å². The van der Waals surface area contributed by atoms with Crippen LogP contribution in [0.2, 0.25) is 0 Å². The highest BCUT2D eigenvalue weighted by atomic mass is 16.3.